The Morgan fingerprint density at radius 3 is 2.73 bits per heavy atom. The minimum absolute atomic E-state index is 0.259. The van der Waals surface area contributed by atoms with E-state index in [2.05, 4.69) is 34.1 Å². The van der Waals surface area contributed by atoms with Gasteiger partial charge in [0.15, 0.2) is 0 Å². The Kier molecular flexibility index (Phi) is 9.42. The van der Waals surface area contributed by atoms with Crippen molar-refractivity contribution in [1.29, 1.82) is 0 Å². The first-order valence-electron chi connectivity index (χ1n) is 11.2. The number of nitrogens with zero attached hydrogens (tertiary/aromatic N) is 2. The van der Waals surface area contributed by atoms with Gasteiger partial charge in [0.05, 0.1) is 17.3 Å². The summed E-state index contributed by atoms with van der Waals surface area (Å²) in [7, 11) is 0. The third-order valence-electron chi connectivity index (χ3n) is 4.83. The van der Waals surface area contributed by atoms with E-state index in [1.165, 1.54) is 6.07 Å². The molecule has 0 fully saturated rings. The zero-order valence-corrected chi connectivity index (χ0v) is 20.1. The molecule has 2 N–H and O–H groups in total. The number of rotatable bonds is 12. The topological polar surface area (TPSA) is 89.1 Å². The van der Waals surface area contributed by atoms with Gasteiger partial charge in [-0.3, -0.25) is 4.79 Å². The van der Waals surface area contributed by atoms with Crippen molar-refractivity contribution in [3.8, 4) is 28.5 Å². The molecule has 3 aromatic rings. The molecule has 0 atom stereocenters. The molecule has 2 aromatic heterocycles. The largest absolute Gasteiger partial charge is 0.478 e. The van der Waals surface area contributed by atoms with Crippen LogP contribution in [0.1, 0.15) is 32.8 Å². The van der Waals surface area contributed by atoms with Crippen LogP contribution in [0.5, 0.6) is 5.88 Å². The number of hydrogen-bond acceptors (Lipinski definition) is 6. The van der Waals surface area contributed by atoms with Gasteiger partial charge in [0, 0.05) is 55.6 Å². The predicted octanol–water partition coefficient (Wildman–Crippen LogP) is 4.70. The third kappa shape index (κ3) is 7.67. The van der Waals surface area contributed by atoms with Gasteiger partial charge in [0.1, 0.15) is 5.82 Å². The SMILES string of the molecule is CCOCCCOc1ccc(-c2cc(=O)[nH]c(-c3cc(CNCC(C)C)ccc3Cl)n2)cn1. The van der Waals surface area contributed by atoms with Crippen LogP contribution in [0, 0.1) is 5.92 Å². The summed E-state index contributed by atoms with van der Waals surface area (Å²) in [4.78, 5) is 24.2. The summed E-state index contributed by atoms with van der Waals surface area (Å²) in [6.07, 6.45) is 2.44. The summed E-state index contributed by atoms with van der Waals surface area (Å²) in [5, 5.41) is 3.94. The zero-order valence-electron chi connectivity index (χ0n) is 19.4. The van der Waals surface area contributed by atoms with E-state index in [9.17, 15) is 4.79 Å². The fourth-order valence-electron chi connectivity index (χ4n) is 3.20. The molecule has 2 heterocycles. The van der Waals surface area contributed by atoms with Crippen molar-refractivity contribution in [1.82, 2.24) is 20.3 Å². The molecule has 0 unspecified atom stereocenters. The lowest BCUT2D eigenvalue weighted by Crippen LogP contribution is -2.19. The second-order valence-electron chi connectivity index (χ2n) is 8.10. The molecule has 1 aromatic carbocycles. The van der Waals surface area contributed by atoms with Crippen molar-refractivity contribution >= 4 is 11.6 Å². The number of aromatic amines is 1. The highest BCUT2D eigenvalue weighted by atomic mass is 35.5. The number of benzene rings is 1. The van der Waals surface area contributed by atoms with E-state index in [0.717, 1.165) is 24.1 Å². The van der Waals surface area contributed by atoms with Crippen molar-refractivity contribution < 1.29 is 9.47 Å². The van der Waals surface area contributed by atoms with Gasteiger partial charge in [-0.1, -0.05) is 31.5 Å². The van der Waals surface area contributed by atoms with E-state index in [1.54, 1.807) is 12.3 Å². The van der Waals surface area contributed by atoms with E-state index in [1.807, 2.05) is 31.2 Å². The molecule has 0 radical (unpaired) electrons. The van der Waals surface area contributed by atoms with E-state index in [0.29, 0.717) is 60.3 Å². The first-order valence-corrected chi connectivity index (χ1v) is 11.6. The minimum atomic E-state index is -0.259. The third-order valence-corrected chi connectivity index (χ3v) is 5.16. The summed E-state index contributed by atoms with van der Waals surface area (Å²) in [6, 6.07) is 10.8. The quantitative estimate of drug-likeness (QED) is 0.373. The molecule has 0 saturated carbocycles. The van der Waals surface area contributed by atoms with Crippen molar-refractivity contribution in [2.45, 2.75) is 33.7 Å². The summed E-state index contributed by atoms with van der Waals surface area (Å²) >= 11 is 6.45. The van der Waals surface area contributed by atoms with Crippen LogP contribution in [0.4, 0.5) is 0 Å². The maximum Gasteiger partial charge on any atom is 0.251 e. The first kappa shape index (κ1) is 24.9. The average molecular weight is 471 g/mol. The molecule has 0 spiro atoms. The maximum atomic E-state index is 12.4. The van der Waals surface area contributed by atoms with Crippen molar-refractivity contribution in [2.75, 3.05) is 26.4 Å². The standard InChI is InChI=1S/C25H31ClN4O3/c1-4-32-10-5-11-33-24-9-7-19(16-28-24)22-13-23(31)30-25(29-22)20-12-18(6-8-21(20)26)15-27-14-17(2)3/h6-9,12-13,16-17,27H,4-5,10-11,14-15H2,1-3H3,(H,29,30,31). The highest BCUT2D eigenvalue weighted by Crippen LogP contribution is 2.27. The van der Waals surface area contributed by atoms with Crippen molar-refractivity contribution in [2.24, 2.45) is 5.92 Å². The van der Waals surface area contributed by atoms with Gasteiger partial charge < -0.3 is 19.8 Å². The van der Waals surface area contributed by atoms with Gasteiger partial charge in [-0.15, -0.1) is 0 Å². The molecule has 33 heavy (non-hydrogen) atoms. The number of hydrogen-bond donors (Lipinski definition) is 2. The van der Waals surface area contributed by atoms with Gasteiger partial charge >= 0.3 is 0 Å². The number of H-pyrrole nitrogens is 1. The Bertz CT molecular complexity index is 1080. The van der Waals surface area contributed by atoms with E-state index in [4.69, 9.17) is 21.1 Å². The van der Waals surface area contributed by atoms with Gasteiger partial charge in [0.25, 0.3) is 5.56 Å². The number of ether oxygens (including phenoxy) is 2. The van der Waals surface area contributed by atoms with Crippen LogP contribution in [-0.4, -0.2) is 41.3 Å². The van der Waals surface area contributed by atoms with E-state index in [-0.39, 0.29) is 5.56 Å². The minimum Gasteiger partial charge on any atom is -0.478 e. The molecule has 176 valence electrons. The Morgan fingerprint density at radius 2 is 2.00 bits per heavy atom. The van der Waals surface area contributed by atoms with Gasteiger partial charge in [-0.05, 0) is 43.1 Å². The maximum absolute atomic E-state index is 12.4. The van der Waals surface area contributed by atoms with Crippen LogP contribution in [0.15, 0.2) is 47.4 Å². The Balaban J connectivity index is 1.76. The number of pyridine rings is 1. The van der Waals surface area contributed by atoms with Crippen LogP contribution in [0.3, 0.4) is 0 Å². The lowest BCUT2D eigenvalue weighted by Gasteiger charge is -2.11. The van der Waals surface area contributed by atoms with Crippen molar-refractivity contribution in [3.05, 3.63) is 63.5 Å². The second-order valence-corrected chi connectivity index (χ2v) is 8.51. The fraction of sp³-hybridized carbons (Fsp3) is 0.400. The highest BCUT2D eigenvalue weighted by Gasteiger charge is 2.11. The number of nitrogens with one attached hydrogen (secondary N) is 2. The first-order chi connectivity index (χ1) is 16.0. The normalized spacial score (nSPS) is 11.2. The summed E-state index contributed by atoms with van der Waals surface area (Å²) < 4.78 is 10.9. The molecule has 0 aliphatic heterocycles. The monoisotopic (exact) mass is 470 g/mol. The summed E-state index contributed by atoms with van der Waals surface area (Å²) in [5.41, 5.74) is 2.72. The predicted molar refractivity (Wildman–Crippen MR) is 132 cm³/mol. The molecule has 0 bridgehead atoms. The Hall–Kier alpha value is -2.74. The Labute approximate surface area is 199 Å². The van der Waals surface area contributed by atoms with Gasteiger partial charge in [-0.2, -0.15) is 0 Å². The fourth-order valence-corrected chi connectivity index (χ4v) is 3.41. The number of aromatic nitrogens is 3. The lowest BCUT2D eigenvalue weighted by molar-refractivity contribution is 0.130. The average Bonchev–Trinajstić information content (AvgIpc) is 2.80. The smallest absolute Gasteiger partial charge is 0.251 e. The summed E-state index contributed by atoms with van der Waals surface area (Å²) in [5.74, 6) is 1.50. The van der Waals surface area contributed by atoms with Crippen LogP contribution < -0.4 is 15.6 Å². The van der Waals surface area contributed by atoms with Gasteiger partial charge in [-0.25, -0.2) is 9.97 Å². The molecule has 8 heteroatoms. The molecule has 0 aliphatic rings. The van der Waals surface area contributed by atoms with Crippen molar-refractivity contribution in [3.63, 3.8) is 0 Å². The molecule has 7 nitrogen and oxygen atoms in total. The molecule has 0 amide bonds. The van der Waals surface area contributed by atoms with E-state index >= 15 is 0 Å². The van der Waals surface area contributed by atoms with Crippen LogP contribution in [0.2, 0.25) is 5.02 Å². The molecule has 0 aliphatic carbocycles. The van der Waals surface area contributed by atoms with Crippen LogP contribution in [-0.2, 0) is 11.3 Å². The molecule has 3 rings (SSSR count). The number of halogens is 1. The van der Waals surface area contributed by atoms with Crippen LogP contribution >= 0.6 is 11.6 Å². The Morgan fingerprint density at radius 1 is 1.15 bits per heavy atom. The second kappa shape index (κ2) is 12.5. The lowest BCUT2D eigenvalue weighted by atomic mass is 10.1. The van der Waals surface area contributed by atoms with Crippen LogP contribution in [0.25, 0.3) is 22.6 Å². The molecular formula is C25H31ClN4O3. The van der Waals surface area contributed by atoms with Gasteiger partial charge in [0.2, 0.25) is 5.88 Å². The zero-order chi connectivity index (χ0) is 23.6. The summed E-state index contributed by atoms with van der Waals surface area (Å²) in [6.45, 7) is 9.80. The highest BCUT2D eigenvalue weighted by molar-refractivity contribution is 6.33. The molecule has 0 saturated heterocycles. The molecular weight excluding hydrogens is 440 g/mol. The van der Waals surface area contributed by atoms with E-state index < -0.39 is 0 Å².